The van der Waals surface area contributed by atoms with Crippen molar-refractivity contribution in [1.82, 2.24) is 0 Å². The Kier molecular flexibility index (Phi) is 4.82. The quantitative estimate of drug-likeness (QED) is 0.628. The summed E-state index contributed by atoms with van der Waals surface area (Å²) in [5.41, 5.74) is 2.43. The summed E-state index contributed by atoms with van der Waals surface area (Å²) in [6, 6.07) is 5.07. The summed E-state index contributed by atoms with van der Waals surface area (Å²) in [6.07, 6.45) is 4.77. The van der Waals surface area contributed by atoms with Crippen LogP contribution in [0.3, 0.4) is 0 Å². The van der Waals surface area contributed by atoms with Crippen LogP contribution in [-0.2, 0) is 12.8 Å². The van der Waals surface area contributed by atoms with Crippen molar-refractivity contribution >= 4 is 25.3 Å². The third-order valence-electron chi connectivity index (χ3n) is 2.37. The summed E-state index contributed by atoms with van der Waals surface area (Å²) in [5.74, 6) is -0.129. The number of rotatable bonds is 0. The number of hydrogen-bond acceptors (Lipinski definition) is 2. The van der Waals surface area contributed by atoms with Gasteiger partial charge in [-0.1, -0.05) is 6.07 Å². The second kappa shape index (κ2) is 5.66. The average molecular weight is 230 g/mol. The fraction of sp³-hybridized carbons (Fsp3) is 0.455. The number of benzene rings is 1. The van der Waals surface area contributed by atoms with E-state index in [1.807, 2.05) is 6.07 Å². The van der Waals surface area contributed by atoms with E-state index < -0.39 is 0 Å². The first-order valence-corrected chi connectivity index (χ1v) is 6.07. The molecule has 0 saturated heterocycles. The molecule has 1 aromatic rings. The lowest BCUT2D eigenvalue weighted by Gasteiger charge is -2.20. The van der Waals surface area contributed by atoms with Gasteiger partial charge < -0.3 is 0 Å². The molecule has 0 aliphatic heterocycles. The first-order chi connectivity index (χ1) is 6.75. The molecule has 1 aliphatic rings. The van der Waals surface area contributed by atoms with Gasteiger partial charge in [0.15, 0.2) is 0 Å². The molecular formula is C11H15FS2. The Labute approximate surface area is 95.7 Å². The Bertz CT molecular complexity index is 299. The number of fused-ring (bicyclic) bond motifs is 1. The molecular weight excluding hydrogens is 215 g/mol. The zero-order valence-corrected chi connectivity index (χ0v) is 9.99. The van der Waals surface area contributed by atoms with Crippen molar-refractivity contribution in [2.75, 3.05) is 6.26 Å². The lowest BCUT2D eigenvalue weighted by Crippen LogP contribution is -2.13. The molecule has 0 amide bonds. The van der Waals surface area contributed by atoms with E-state index in [9.17, 15) is 4.39 Å². The minimum Gasteiger partial charge on any atom is -0.207 e. The molecule has 1 aromatic carbocycles. The molecule has 1 aliphatic carbocycles. The third-order valence-corrected chi connectivity index (χ3v) is 2.81. The number of aryl methyl sites for hydroxylation is 1. The normalized spacial score (nSPS) is 19.3. The Morgan fingerprint density at radius 3 is 2.71 bits per heavy atom. The van der Waals surface area contributed by atoms with Crippen LogP contribution in [0.15, 0.2) is 18.2 Å². The van der Waals surface area contributed by atoms with Gasteiger partial charge in [0.2, 0.25) is 0 Å². The highest BCUT2D eigenvalue weighted by Gasteiger charge is 2.15. The van der Waals surface area contributed by atoms with E-state index in [0.717, 1.165) is 24.8 Å². The summed E-state index contributed by atoms with van der Waals surface area (Å²) < 4.78 is 12.8. The smallest absolute Gasteiger partial charge is 0.123 e. The van der Waals surface area contributed by atoms with Crippen molar-refractivity contribution in [3.05, 3.63) is 35.1 Å². The van der Waals surface area contributed by atoms with E-state index in [0.29, 0.717) is 5.25 Å². The molecule has 3 heteroatoms. The molecule has 2 rings (SSSR count). The molecule has 1 unspecified atom stereocenters. The molecule has 78 valence electrons. The van der Waals surface area contributed by atoms with Gasteiger partial charge in [0.1, 0.15) is 5.82 Å². The average Bonchev–Trinajstić information content (AvgIpc) is 2.20. The van der Waals surface area contributed by atoms with E-state index in [1.54, 1.807) is 12.3 Å². The summed E-state index contributed by atoms with van der Waals surface area (Å²) in [5, 5.41) is 0.416. The van der Waals surface area contributed by atoms with E-state index in [-0.39, 0.29) is 5.82 Å². The molecule has 0 spiro atoms. The van der Waals surface area contributed by atoms with Crippen molar-refractivity contribution < 1.29 is 4.39 Å². The molecule has 0 heterocycles. The van der Waals surface area contributed by atoms with Crippen LogP contribution in [0.4, 0.5) is 4.39 Å². The summed E-state index contributed by atoms with van der Waals surface area (Å²) in [4.78, 5) is 0. The number of hydrogen-bond donors (Lipinski definition) is 2. The summed E-state index contributed by atoms with van der Waals surface area (Å²) >= 11 is 7.93. The summed E-state index contributed by atoms with van der Waals surface area (Å²) in [7, 11) is 0. The standard InChI is InChI=1S/C10H11FS.CH4S/c11-9-3-1-7-2-4-10(12)6-8(7)5-9;1-2/h1,3,5,10,12H,2,4,6H2;2H,1H3. The van der Waals surface area contributed by atoms with Crippen LogP contribution < -0.4 is 0 Å². The topological polar surface area (TPSA) is 0 Å². The van der Waals surface area contributed by atoms with Gasteiger partial charge in [-0.25, -0.2) is 4.39 Å². The largest absolute Gasteiger partial charge is 0.207 e. The maximum absolute atomic E-state index is 12.8. The van der Waals surface area contributed by atoms with Gasteiger partial charge in [0.25, 0.3) is 0 Å². The van der Waals surface area contributed by atoms with Crippen LogP contribution in [0, 0.1) is 5.82 Å². The van der Waals surface area contributed by atoms with Crippen LogP contribution in [0.1, 0.15) is 17.5 Å². The highest BCUT2D eigenvalue weighted by Crippen LogP contribution is 2.24. The van der Waals surface area contributed by atoms with E-state index in [1.165, 1.54) is 11.6 Å². The van der Waals surface area contributed by atoms with Gasteiger partial charge in [-0.05, 0) is 48.8 Å². The third kappa shape index (κ3) is 2.92. The van der Waals surface area contributed by atoms with Crippen LogP contribution in [-0.4, -0.2) is 11.5 Å². The number of thiol groups is 2. The van der Waals surface area contributed by atoms with Crippen LogP contribution in [0.25, 0.3) is 0 Å². The fourth-order valence-electron chi connectivity index (χ4n) is 1.71. The van der Waals surface area contributed by atoms with Crippen molar-refractivity contribution in [2.24, 2.45) is 0 Å². The SMILES string of the molecule is CS.Fc1ccc2c(c1)CC(S)CC2. The van der Waals surface area contributed by atoms with Crippen molar-refractivity contribution in [3.63, 3.8) is 0 Å². The molecule has 1 atom stereocenters. The monoisotopic (exact) mass is 230 g/mol. The maximum atomic E-state index is 12.8. The van der Waals surface area contributed by atoms with Gasteiger partial charge in [0.05, 0.1) is 0 Å². The molecule has 0 fully saturated rings. The Morgan fingerprint density at radius 1 is 1.29 bits per heavy atom. The van der Waals surface area contributed by atoms with Crippen LogP contribution in [0.5, 0.6) is 0 Å². The van der Waals surface area contributed by atoms with Gasteiger partial charge in [-0.15, -0.1) is 0 Å². The lowest BCUT2D eigenvalue weighted by atomic mass is 9.91. The van der Waals surface area contributed by atoms with Gasteiger partial charge in [0, 0.05) is 5.25 Å². The van der Waals surface area contributed by atoms with Crippen LogP contribution in [0.2, 0.25) is 0 Å². The Morgan fingerprint density at radius 2 is 2.00 bits per heavy atom. The lowest BCUT2D eigenvalue weighted by molar-refractivity contribution is 0.617. The van der Waals surface area contributed by atoms with E-state index >= 15 is 0 Å². The highest BCUT2D eigenvalue weighted by molar-refractivity contribution is 7.81. The second-order valence-corrected chi connectivity index (χ2v) is 4.04. The molecule has 0 aromatic heterocycles. The van der Waals surface area contributed by atoms with Gasteiger partial charge in [-0.2, -0.15) is 25.3 Å². The highest BCUT2D eigenvalue weighted by atomic mass is 32.1. The molecule has 0 N–H and O–H groups in total. The Balaban J connectivity index is 0.000000461. The predicted octanol–water partition coefficient (Wildman–Crippen LogP) is 3.16. The first-order valence-electron chi connectivity index (χ1n) is 4.66. The van der Waals surface area contributed by atoms with Crippen LogP contribution >= 0.6 is 25.3 Å². The first kappa shape index (κ1) is 11.9. The number of halogens is 1. The van der Waals surface area contributed by atoms with E-state index in [2.05, 4.69) is 25.3 Å². The minimum absolute atomic E-state index is 0.129. The Hall–Kier alpha value is -0.150. The van der Waals surface area contributed by atoms with Crippen molar-refractivity contribution in [1.29, 1.82) is 0 Å². The molecule has 14 heavy (non-hydrogen) atoms. The summed E-state index contributed by atoms with van der Waals surface area (Å²) in [6.45, 7) is 0. The second-order valence-electron chi connectivity index (χ2n) is 3.31. The minimum atomic E-state index is -0.129. The zero-order chi connectivity index (χ0) is 10.6. The van der Waals surface area contributed by atoms with Gasteiger partial charge >= 0.3 is 0 Å². The zero-order valence-electron chi connectivity index (χ0n) is 8.20. The van der Waals surface area contributed by atoms with E-state index in [4.69, 9.17) is 0 Å². The van der Waals surface area contributed by atoms with Crippen molar-refractivity contribution in [2.45, 2.75) is 24.5 Å². The van der Waals surface area contributed by atoms with Crippen molar-refractivity contribution in [3.8, 4) is 0 Å². The predicted molar refractivity (Wildman–Crippen MR) is 66.1 cm³/mol. The maximum Gasteiger partial charge on any atom is 0.123 e. The molecule has 0 radical (unpaired) electrons. The fourth-order valence-corrected chi connectivity index (χ4v) is 2.03. The molecule has 0 saturated carbocycles. The molecule has 0 nitrogen and oxygen atoms in total. The molecule has 0 bridgehead atoms. The van der Waals surface area contributed by atoms with Gasteiger partial charge in [-0.3, -0.25) is 0 Å².